The van der Waals surface area contributed by atoms with Crippen molar-refractivity contribution in [3.05, 3.63) is 42.7 Å². The number of aromatic nitrogens is 1. The Bertz CT molecular complexity index is 631. The topological polar surface area (TPSA) is 32.9 Å². The van der Waals surface area contributed by atoms with Gasteiger partial charge < -0.3 is 4.98 Å². The second kappa shape index (κ2) is 3.74. The lowest BCUT2D eigenvalue weighted by atomic mass is 10.1. The van der Waals surface area contributed by atoms with Crippen LogP contribution in [0.2, 0.25) is 5.02 Å². The molecule has 3 rings (SSSR count). The molecule has 1 aliphatic carbocycles. The second-order valence-electron chi connectivity index (χ2n) is 4.17. The molecule has 1 aliphatic rings. The van der Waals surface area contributed by atoms with Crippen LogP contribution in [0.15, 0.2) is 23.0 Å². The molecule has 0 bridgehead atoms. The van der Waals surface area contributed by atoms with E-state index in [1.165, 1.54) is 12.8 Å². The summed E-state index contributed by atoms with van der Waals surface area (Å²) in [5.41, 5.74) is 1.87. The van der Waals surface area contributed by atoms with Crippen LogP contribution in [0.5, 0.6) is 0 Å². The molecule has 0 spiro atoms. The first-order valence-electron chi connectivity index (χ1n) is 5.17. The molecule has 1 heterocycles. The zero-order valence-electron chi connectivity index (χ0n) is 8.39. The van der Waals surface area contributed by atoms with Crippen molar-refractivity contribution >= 4 is 45.1 Å². The van der Waals surface area contributed by atoms with Gasteiger partial charge in [-0.25, -0.2) is 0 Å². The zero-order chi connectivity index (χ0) is 11.3. The fourth-order valence-electron chi connectivity index (χ4n) is 1.91. The van der Waals surface area contributed by atoms with Crippen LogP contribution in [-0.4, -0.2) is 4.98 Å². The van der Waals surface area contributed by atoms with Crippen molar-refractivity contribution in [2.45, 2.75) is 18.8 Å². The third-order valence-corrected chi connectivity index (χ3v) is 3.81. The van der Waals surface area contributed by atoms with Crippen LogP contribution in [0.1, 0.15) is 24.5 Å². The molecule has 82 valence electrons. The van der Waals surface area contributed by atoms with Gasteiger partial charge in [0.1, 0.15) is 0 Å². The van der Waals surface area contributed by atoms with Gasteiger partial charge in [-0.1, -0.05) is 11.6 Å². The molecular formula is C12H9ClINO. The number of fused-ring (bicyclic) bond motifs is 1. The van der Waals surface area contributed by atoms with Crippen LogP contribution in [0.25, 0.3) is 10.9 Å². The number of nitrogens with one attached hydrogen (secondary N) is 1. The lowest BCUT2D eigenvalue weighted by Gasteiger charge is -2.05. The smallest absolute Gasteiger partial charge is 0.189 e. The molecule has 1 aromatic heterocycles. The van der Waals surface area contributed by atoms with E-state index in [0.717, 1.165) is 14.8 Å². The van der Waals surface area contributed by atoms with Gasteiger partial charge in [-0.2, -0.15) is 0 Å². The number of hydrogen-bond acceptors (Lipinski definition) is 1. The van der Waals surface area contributed by atoms with Gasteiger partial charge in [0.05, 0.1) is 10.5 Å². The summed E-state index contributed by atoms with van der Waals surface area (Å²) >= 11 is 8.32. The molecule has 0 amide bonds. The minimum Gasteiger partial charge on any atom is -0.357 e. The Kier molecular flexibility index (Phi) is 2.47. The van der Waals surface area contributed by atoms with E-state index < -0.39 is 0 Å². The monoisotopic (exact) mass is 345 g/mol. The number of pyridine rings is 1. The molecule has 16 heavy (non-hydrogen) atoms. The number of H-pyrrole nitrogens is 1. The molecule has 0 unspecified atom stereocenters. The van der Waals surface area contributed by atoms with Gasteiger partial charge in [-0.05, 0) is 53.5 Å². The molecule has 1 fully saturated rings. The molecule has 2 aromatic rings. The van der Waals surface area contributed by atoms with E-state index in [1.54, 1.807) is 6.07 Å². The number of benzene rings is 1. The first kappa shape index (κ1) is 10.6. The van der Waals surface area contributed by atoms with E-state index in [9.17, 15) is 4.79 Å². The lowest BCUT2D eigenvalue weighted by molar-refractivity contribution is 1.04. The minimum atomic E-state index is 0.0658. The number of aromatic amines is 1. The van der Waals surface area contributed by atoms with Crippen LogP contribution >= 0.6 is 34.2 Å². The van der Waals surface area contributed by atoms with Gasteiger partial charge in [0, 0.05) is 20.7 Å². The molecule has 0 saturated heterocycles. The van der Waals surface area contributed by atoms with Crippen molar-refractivity contribution in [1.82, 2.24) is 4.98 Å². The van der Waals surface area contributed by atoms with Gasteiger partial charge >= 0.3 is 0 Å². The minimum absolute atomic E-state index is 0.0658. The molecule has 0 atom stereocenters. The third kappa shape index (κ3) is 1.76. The molecule has 1 saturated carbocycles. The highest BCUT2D eigenvalue weighted by Crippen LogP contribution is 2.39. The van der Waals surface area contributed by atoms with E-state index in [1.807, 2.05) is 12.1 Å². The third-order valence-electron chi connectivity index (χ3n) is 2.89. The normalized spacial score (nSPS) is 15.6. The van der Waals surface area contributed by atoms with Gasteiger partial charge in [0.25, 0.3) is 0 Å². The van der Waals surface area contributed by atoms with Crippen molar-refractivity contribution in [1.29, 1.82) is 0 Å². The largest absolute Gasteiger partial charge is 0.357 e. The van der Waals surface area contributed by atoms with Crippen LogP contribution < -0.4 is 5.43 Å². The zero-order valence-corrected chi connectivity index (χ0v) is 11.3. The van der Waals surface area contributed by atoms with Crippen molar-refractivity contribution in [2.75, 3.05) is 0 Å². The maximum absolute atomic E-state index is 12.0. The predicted octanol–water partition coefficient (Wildman–Crippen LogP) is 3.66. The SMILES string of the molecule is O=c1cc(C2CC2)[nH]c2c(Cl)cc(I)cc12. The first-order valence-corrected chi connectivity index (χ1v) is 6.63. The Morgan fingerprint density at radius 2 is 2.06 bits per heavy atom. The quantitative estimate of drug-likeness (QED) is 0.786. The van der Waals surface area contributed by atoms with E-state index in [2.05, 4.69) is 27.6 Å². The lowest BCUT2D eigenvalue weighted by Crippen LogP contribution is -2.05. The second-order valence-corrected chi connectivity index (χ2v) is 5.83. The number of hydrogen-bond donors (Lipinski definition) is 1. The Labute approximate surface area is 111 Å². The molecule has 4 heteroatoms. The summed E-state index contributed by atoms with van der Waals surface area (Å²) in [6, 6.07) is 5.46. The van der Waals surface area contributed by atoms with Crippen molar-refractivity contribution in [3.8, 4) is 0 Å². The summed E-state index contributed by atoms with van der Waals surface area (Å²) in [4.78, 5) is 15.2. The van der Waals surface area contributed by atoms with E-state index in [4.69, 9.17) is 11.6 Å². The highest BCUT2D eigenvalue weighted by atomic mass is 127. The maximum Gasteiger partial charge on any atom is 0.189 e. The van der Waals surface area contributed by atoms with Crippen molar-refractivity contribution < 1.29 is 0 Å². The standard InChI is InChI=1S/C12H9ClINO/c13-9-4-7(14)3-8-11(16)5-10(6-1-2-6)15-12(8)9/h3-6H,1-2H2,(H,15,16). The van der Waals surface area contributed by atoms with Gasteiger partial charge in [-0.3, -0.25) is 4.79 Å². The summed E-state index contributed by atoms with van der Waals surface area (Å²) < 4.78 is 0.986. The average Bonchev–Trinajstić information content (AvgIpc) is 3.02. The van der Waals surface area contributed by atoms with Crippen LogP contribution in [0, 0.1) is 3.57 Å². The average molecular weight is 346 g/mol. The van der Waals surface area contributed by atoms with Gasteiger partial charge in [0.15, 0.2) is 5.43 Å². The van der Waals surface area contributed by atoms with Crippen molar-refractivity contribution in [3.63, 3.8) is 0 Å². The molecule has 1 aromatic carbocycles. The van der Waals surface area contributed by atoms with Gasteiger partial charge in [-0.15, -0.1) is 0 Å². The summed E-state index contributed by atoms with van der Waals surface area (Å²) in [6.07, 6.45) is 2.34. The number of halogens is 2. The number of rotatable bonds is 1. The molecule has 0 radical (unpaired) electrons. The van der Waals surface area contributed by atoms with Gasteiger partial charge in [0.2, 0.25) is 0 Å². The Hall–Kier alpha value is -0.550. The van der Waals surface area contributed by atoms with Crippen LogP contribution in [0.3, 0.4) is 0 Å². The van der Waals surface area contributed by atoms with Crippen molar-refractivity contribution in [2.24, 2.45) is 0 Å². The highest BCUT2D eigenvalue weighted by molar-refractivity contribution is 14.1. The summed E-state index contributed by atoms with van der Waals surface area (Å²) in [5, 5.41) is 1.31. The Morgan fingerprint density at radius 1 is 1.31 bits per heavy atom. The van der Waals surface area contributed by atoms with E-state index in [-0.39, 0.29) is 5.43 Å². The predicted molar refractivity (Wildman–Crippen MR) is 74.3 cm³/mol. The summed E-state index contributed by atoms with van der Waals surface area (Å²) in [5.74, 6) is 0.535. The fraction of sp³-hybridized carbons (Fsp3) is 0.250. The molecule has 1 N–H and O–H groups in total. The summed E-state index contributed by atoms with van der Waals surface area (Å²) in [6.45, 7) is 0. The molecule has 2 nitrogen and oxygen atoms in total. The first-order chi connectivity index (χ1) is 7.65. The highest BCUT2D eigenvalue weighted by Gasteiger charge is 2.25. The van der Waals surface area contributed by atoms with E-state index in [0.29, 0.717) is 16.3 Å². The fourth-order valence-corrected chi connectivity index (χ4v) is 2.98. The van der Waals surface area contributed by atoms with E-state index >= 15 is 0 Å². The Morgan fingerprint density at radius 3 is 2.75 bits per heavy atom. The van der Waals surface area contributed by atoms with Crippen LogP contribution in [0.4, 0.5) is 0 Å². The summed E-state index contributed by atoms with van der Waals surface area (Å²) in [7, 11) is 0. The Balaban J connectivity index is 2.37. The maximum atomic E-state index is 12.0. The van der Waals surface area contributed by atoms with Crippen LogP contribution in [-0.2, 0) is 0 Å². The molecule has 0 aliphatic heterocycles. The molecular weight excluding hydrogens is 336 g/mol.